The van der Waals surface area contributed by atoms with Crippen LogP contribution in [0.25, 0.3) is 0 Å². The van der Waals surface area contributed by atoms with Crippen molar-refractivity contribution < 1.29 is 14.8 Å². The summed E-state index contributed by atoms with van der Waals surface area (Å²) in [6.45, 7) is 1.57. The van der Waals surface area contributed by atoms with Gasteiger partial charge in [0.05, 0.1) is 0 Å². The van der Waals surface area contributed by atoms with Crippen molar-refractivity contribution in [2.45, 2.75) is 6.92 Å². The first kappa shape index (κ1) is 9.11. The zero-order valence-corrected chi connectivity index (χ0v) is 6.72. The van der Waals surface area contributed by atoms with E-state index in [2.05, 4.69) is 4.98 Å². The van der Waals surface area contributed by atoms with Crippen molar-refractivity contribution in [2.24, 2.45) is 0 Å². The van der Waals surface area contributed by atoms with Crippen molar-refractivity contribution in [1.29, 1.82) is 0 Å². The van der Waals surface area contributed by atoms with Gasteiger partial charge >= 0.3 is 11.8 Å². The highest BCUT2D eigenvalue weighted by atomic mass is 16.6. The molecule has 0 unspecified atom stereocenters. The lowest BCUT2D eigenvalue weighted by Crippen LogP contribution is -2.03. The molecule has 1 heterocycles. The molecule has 0 spiro atoms. The molecule has 0 fully saturated rings. The molecule has 0 atom stereocenters. The maximum atomic E-state index is 10.4. The number of hydrogen-bond acceptors (Lipinski definition) is 4. The van der Waals surface area contributed by atoms with E-state index < -0.39 is 16.7 Å². The highest BCUT2D eigenvalue weighted by Crippen LogP contribution is 2.11. The summed E-state index contributed by atoms with van der Waals surface area (Å²) in [5, 5.41) is 18.8. The molecule has 0 aliphatic heterocycles. The number of pyridine rings is 1. The lowest BCUT2D eigenvalue weighted by Gasteiger charge is -1.94. The molecule has 0 aromatic carbocycles. The standard InChI is InChI=1S/C7H6N2O4/c1-4-2-5(7(10)11)8-6(3-4)9(12)13/h2-3H,1H3,(H,10,11). The summed E-state index contributed by atoms with van der Waals surface area (Å²) >= 11 is 0. The predicted octanol–water partition coefficient (Wildman–Crippen LogP) is 0.996. The average molecular weight is 182 g/mol. The van der Waals surface area contributed by atoms with Gasteiger partial charge in [0.2, 0.25) is 0 Å². The van der Waals surface area contributed by atoms with Gasteiger partial charge in [0.25, 0.3) is 5.69 Å². The Morgan fingerprint density at radius 1 is 1.62 bits per heavy atom. The zero-order chi connectivity index (χ0) is 10.0. The Bertz CT molecular complexity index is 343. The van der Waals surface area contributed by atoms with Crippen LogP contribution in [0.5, 0.6) is 0 Å². The minimum Gasteiger partial charge on any atom is -0.475 e. The molecule has 1 aromatic rings. The van der Waals surface area contributed by atoms with Crippen molar-refractivity contribution >= 4 is 11.8 Å². The van der Waals surface area contributed by atoms with E-state index in [0.717, 1.165) is 0 Å². The number of aryl methyl sites for hydroxylation is 1. The Kier molecular flexibility index (Phi) is 2.23. The molecule has 1 aromatic heterocycles. The summed E-state index contributed by atoms with van der Waals surface area (Å²) in [6, 6.07) is 2.49. The Balaban J connectivity index is 3.26. The Hall–Kier alpha value is -1.98. The van der Waals surface area contributed by atoms with Gasteiger partial charge in [0, 0.05) is 12.1 Å². The third kappa shape index (κ3) is 1.98. The number of hydrogen-bond donors (Lipinski definition) is 1. The minimum absolute atomic E-state index is 0.313. The van der Waals surface area contributed by atoms with E-state index >= 15 is 0 Å². The summed E-state index contributed by atoms with van der Waals surface area (Å²) in [5.41, 5.74) is 0.186. The van der Waals surface area contributed by atoms with Crippen LogP contribution in [0.1, 0.15) is 16.1 Å². The third-order valence-electron chi connectivity index (χ3n) is 1.36. The number of aromatic nitrogens is 1. The molecule has 0 aliphatic carbocycles. The van der Waals surface area contributed by atoms with Gasteiger partial charge in [-0.15, -0.1) is 0 Å². The summed E-state index contributed by atoms with van der Waals surface area (Å²) in [6.07, 6.45) is 0. The normalized spacial score (nSPS) is 9.62. The van der Waals surface area contributed by atoms with Crippen molar-refractivity contribution in [3.05, 3.63) is 33.5 Å². The number of carbonyl (C=O) groups is 1. The van der Waals surface area contributed by atoms with E-state index in [0.29, 0.717) is 5.56 Å². The Labute approximate surface area is 73.0 Å². The van der Waals surface area contributed by atoms with Gasteiger partial charge in [-0.2, -0.15) is 0 Å². The van der Waals surface area contributed by atoms with Crippen LogP contribution in [0.4, 0.5) is 5.82 Å². The molecule has 13 heavy (non-hydrogen) atoms. The van der Waals surface area contributed by atoms with Gasteiger partial charge in [0.15, 0.2) is 0 Å². The summed E-state index contributed by atoms with van der Waals surface area (Å²) in [4.78, 5) is 23.3. The number of carboxylic acid groups (broad SMARTS) is 1. The molecule has 0 saturated heterocycles. The topological polar surface area (TPSA) is 93.3 Å². The van der Waals surface area contributed by atoms with Crippen LogP contribution in [0.15, 0.2) is 12.1 Å². The number of rotatable bonds is 2. The lowest BCUT2D eigenvalue weighted by molar-refractivity contribution is -0.389. The second-order valence-electron chi connectivity index (χ2n) is 2.45. The van der Waals surface area contributed by atoms with Crippen LogP contribution in [0, 0.1) is 17.0 Å². The highest BCUT2D eigenvalue weighted by Gasteiger charge is 2.16. The maximum absolute atomic E-state index is 10.4. The summed E-state index contributed by atoms with van der Waals surface area (Å²) in [7, 11) is 0. The molecule has 0 saturated carbocycles. The van der Waals surface area contributed by atoms with Crippen LogP contribution >= 0.6 is 0 Å². The minimum atomic E-state index is -1.27. The Morgan fingerprint density at radius 3 is 2.69 bits per heavy atom. The van der Waals surface area contributed by atoms with Crippen LogP contribution in [0.2, 0.25) is 0 Å². The SMILES string of the molecule is Cc1cc(C(=O)O)nc([N+](=O)[O-])c1. The van der Waals surface area contributed by atoms with Gasteiger partial charge in [0.1, 0.15) is 0 Å². The molecule has 0 radical (unpaired) electrons. The monoisotopic (exact) mass is 182 g/mol. The fourth-order valence-corrected chi connectivity index (χ4v) is 0.852. The molecule has 6 nitrogen and oxygen atoms in total. The molecule has 68 valence electrons. The van der Waals surface area contributed by atoms with E-state index in [1.54, 1.807) is 6.92 Å². The van der Waals surface area contributed by atoms with E-state index in [9.17, 15) is 14.9 Å². The molecule has 1 rings (SSSR count). The maximum Gasteiger partial charge on any atom is 0.380 e. The van der Waals surface area contributed by atoms with Crippen molar-refractivity contribution in [3.63, 3.8) is 0 Å². The van der Waals surface area contributed by atoms with Crippen LogP contribution < -0.4 is 0 Å². The van der Waals surface area contributed by atoms with Crippen molar-refractivity contribution in [3.8, 4) is 0 Å². The quantitative estimate of drug-likeness (QED) is 0.543. The van der Waals surface area contributed by atoms with E-state index in [4.69, 9.17) is 5.11 Å². The highest BCUT2D eigenvalue weighted by molar-refractivity contribution is 5.85. The third-order valence-corrected chi connectivity index (χ3v) is 1.36. The number of nitro groups is 1. The molecular formula is C7H6N2O4. The number of nitrogens with zero attached hydrogens (tertiary/aromatic N) is 2. The first-order chi connectivity index (χ1) is 6.00. The average Bonchev–Trinajstić information content (AvgIpc) is 2.03. The van der Waals surface area contributed by atoms with E-state index in [1.165, 1.54) is 12.1 Å². The molecule has 0 amide bonds. The first-order valence-electron chi connectivity index (χ1n) is 3.37. The molecule has 6 heteroatoms. The second kappa shape index (κ2) is 3.18. The molecule has 1 N–H and O–H groups in total. The lowest BCUT2D eigenvalue weighted by atomic mass is 10.2. The van der Waals surface area contributed by atoms with Gasteiger partial charge in [-0.1, -0.05) is 0 Å². The molecule has 0 aliphatic rings. The largest absolute Gasteiger partial charge is 0.475 e. The van der Waals surface area contributed by atoms with E-state index in [1.807, 2.05) is 0 Å². The number of aromatic carboxylic acids is 1. The van der Waals surface area contributed by atoms with Gasteiger partial charge < -0.3 is 15.2 Å². The van der Waals surface area contributed by atoms with Gasteiger partial charge in [-0.05, 0) is 22.4 Å². The Morgan fingerprint density at radius 2 is 2.23 bits per heavy atom. The fraction of sp³-hybridized carbons (Fsp3) is 0.143. The van der Waals surface area contributed by atoms with Crippen LogP contribution in [-0.2, 0) is 0 Å². The van der Waals surface area contributed by atoms with Crippen molar-refractivity contribution in [2.75, 3.05) is 0 Å². The predicted molar refractivity (Wildman–Crippen MR) is 42.6 cm³/mol. The summed E-state index contributed by atoms with van der Waals surface area (Å²) in [5.74, 6) is -1.72. The van der Waals surface area contributed by atoms with Crippen molar-refractivity contribution in [1.82, 2.24) is 4.98 Å². The zero-order valence-electron chi connectivity index (χ0n) is 6.72. The second-order valence-corrected chi connectivity index (χ2v) is 2.45. The molecular weight excluding hydrogens is 176 g/mol. The van der Waals surface area contributed by atoms with Crippen LogP contribution in [-0.4, -0.2) is 21.0 Å². The smallest absolute Gasteiger partial charge is 0.380 e. The first-order valence-corrected chi connectivity index (χ1v) is 3.37. The van der Waals surface area contributed by atoms with E-state index in [-0.39, 0.29) is 5.69 Å². The van der Waals surface area contributed by atoms with Gasteiger partial charge in [-0.3, -0.25) is 0 Å². The molecule has 0 bridgehead atoms. The number of carboxylic acids is 1. The fourth-order valence-electron chi connectivity index (χ4n) is 0.852. The van der Waals surface area contributed by atoms with Crippen LogP contribution in [0.3, 0.4) is 0 Å². The summed E-state index contributed by atoms with van der Waals surface area (Å²) < 4.78 is 0. The van der Waals surface area contributed by atoms with Gasteiger partial charge in [-0.25, -0.2) is 4.79 Å².